The van der Waals surface area contributed by atoms with Crippen LogP contribution in [0.5, 0.6) is 0 Å². The zero-order valence-electron chi connectivity index (χ0n) is 8.35. The molecule has 17 heavy (non-hydrogen) atoms. The molecule has 1 aromatic rings. The van der Waals surface area contributed by atoms with E-state index >= 15 is 0 Å². The highest BCUT2D eigenvalue weighted by Gasteiger charge is 2.26. The van der Waals surface area contributed by atoms with Gasteiger partial charge in [0.2, 0.25) is 0 Å². The average Bonchev–Trinajstić information content (AvgIpc) is 2.14. The summed E-state index contributed by atoms with van der Waals surface area (Å²) in [5, 5.41) is 10.6. The molecule has 0 saturated carbocycles. The third kappa shape index (κ3) is 2.89. The first kappa shape index (κ1) is 13.8. The van der Waals surface area contributed by atoms with E-state index in [4.69, 9.17) is 10.7 Å². The lowest BCUT2D eigenvalue weighted by atomic mass is 10.1. The highest BCUT2D eigenvalue weighted by Crippen LogP contribution is 2.34. The topological polar surface area (TPSA) is 77.3 Å². The second-order valence-corrected chi connectivity index (χ2v) is 5.71. The van der Waals surface area contributed by atoms with E-state index in [0.29, 0.717) is 6.07 Å². The van der Waals surface area contributed by atoms with Crippen LogP contribution in [-0.4, -0.2) is 13.3 Å². The van der Waals surface area contributed by atoms with Gasteiger partial charge in [0.15, 0.2) is 0 Å². The molecular weight excluding hydrogens is 280 g/mol. The summed E-state index contributed by atoms with van der Waals surface area (Å²) in [6.07, 6.45) is -3.07. The molecule has 0 bridgehead atoms. The number of benzene rings is 1. The zero-order valence-corrected chi connectivity index (χ0v) is 9.93. The summed E-state index contributed by atoms with van der Waals surface area (Å²) in [6, 6.07) is 1.29. The molecule has 0 N–H and O–H groups in total. The van der Waals surface area contributed by atoms with Crippen molar-refractivity contribution in [3.63, 3.8) is 0 Å². The van der Waals surface area contributed by atoms with Crippen molar-refractivity contribution in [2.75, 3.05) is 0 Å². The maximum atomic E-state index is 12.5. The smallest absolute Gasteiger partial charge is 0.258 e. The molecule has 0 unspecified atom stereocenters. The standard InChI is InChI=1S/C8H6ClF2NO4S/c1-4-2-5(8(10)11)6(12(13)14)3-7(4)17(9,15)16/h2-3,8H,1H3. The van der Waals surface area contributed by atoms with Crippen molar-refractivity contribution in [3.8, 4) is 0 Å². The van der Waals surface area contributed by atoms with Gasteiger partial charge in [-0.25, -0.2) is 17.2 Å². The zero-order chi connectivity index (χ0) is 13.4. The normalized spacial score (nSPS) is 11.8. The Kier molecular flexibility index (Phi) is 3.68. The second-order valence-electron chi connectivity index (χ2n) is 3.17. The molecule has 0 aromatic heterocycles. The molecule has 1 aromatic carbocycles. The summed E-state index contributed by atoms with van der Waals surface area (Å²) in [5.74, 6) is 0. The van der Waals surface area contributed by atoms with Gasteiger partial charge in [-0.3, -0.25) is 10.1 Å². The van der Waals surface area contributed by atoms with E-state index in [9.17, 15) is 27.3 Å². The third-order valence-electron chi connectivity index (χ3n) is 2.02. The molecule has 94 valence electrons. The van der Waals surface area contributed by atoms with Gasteiger partial charge in [0, 0.05) is 16.7 Å². The molecule has 0 spiro atoms. The first-order valence-corrected chi connectivity index (χ1v) is 6.47. The van der Waals surface area contributed by atoms with Crippen LogP contribution in [0.1, 0.15) is 17.6 Å². The predicted molar refractivity (Wildman–Crippen MR) is 55.8 cm³/mol. The summed E-state index contributed by atoms with van der Waals surface area (Å²) in [4.78, 5) is 8.93. The van der Waals surface area contributed by atoms with E-state index < -0.39 is 36.5 Å². The van der Waals surface area contributed by atoms with Crippen molar-refractivity contribution < 1.29 is 22.1 Å². The number of halogens is 3. The van der Waals surface area contributed by atoms with E-state index in [1.807, 2.05) is 0 Å². The Labute approximate surface area is 99.6 Å². The Bertz CT molecular complexity index is 573. The Hall–Kier alpha value is -1.28. The molecule has 1 rings (SSSR count). The first-order chi connectivity index (χ1) is 7.64. The van der Waals surface area contributed by atoms with Gasteiger partial charge in [0.1, 0.15) is 0 Å². The van der Waals surface area contributed by atoms with Crippen molar-refractivity contribution in [1.82, 2.24) is 0 Å². The predicted octanol–water partition coefficient (Wildman–Crippen LogP) is 2.77. The Morgan fingerprint density at radius 1 is 1.41 bits per heavy atom. The van der Waals surface area contributed by atoms with Crippen molar-refractivity contribution >= 4 is 25.4 Å². The Morgan fingerprint density at radius 2 is 1.94 bits per heavy atom. The van der Waals surface area contributed by atoms with Gasteiger partial charge in [-0.1, -0.05) is 0 Å². The number of aryl methyl sites for hydroxylation is 1. The van der Waals surface area contributed by atoms with Crippen LogP contribution in [-0.2, 0) is 9.05 Å². The minimum absolute atomic E-state index is 0.0686. The number of nitro groups is 1. The summed E-state index contributed by atoms with van der Waals surface area (Å²) in [7, 11) is 0.825. The van der Waals surface area contributed by atoms with Gasteiger partial charge in [0.05, 0.1) is 15.4 Å². The fourth-order valence-corrected chi connectivity index (χ4v) is 2.49. The molecule has 0 atom stereocenters. The fraction of sp³-hybridized carbons (Fsp3) is 0.250. The Balaban J connectivity index is 3.63. The minimum Gasteiger partial charge on any atom is -0.258 e. The number of nitrogens with zero attached hydrogens (tertiary/aromatic N) is 1. The first-order valence-electron chi connectivity index (χ1n) is 4.16. The summed E-state index contributed by atoms with van der Waals surface area (Å²) in [5.41, 5.74) is -1.87. The molecule has 0 fully saturated rings. The molecule has 5 nitrogen and oxygen atoms in total. The molecule has 0 aliphatic heterocycles. The molecule has 0 aliphatic rings. The lowest BCUT2D eigenvalue weighted by Gasteiger charge is -2.06. The molecule has 0 aliphatic carbocycles. The monoisotopic (exact) mass is 285 g/mol. The third-order valence-corrected chi connectivity index (χ3v) is 3.48. The van der Waals surface area contributed by atoms with Crippen LogP contribution in [0.3, 0.4) is 0 Å². The number of rotatable bonds is 3. The molecule has 0 radical (unpaired) electrons. The van der Waals surface area contributed by atoms with Crippen LogP contribution in [0.2, 0.25) is 0 Å². The summed E-state index contributed by atoms with van der Waals surface area (Å²) < 4.78 is 47.1. The molecule has 9 heteroatoms. The van der Waals surface area contributed by atoms with Crippen molar-refractivity contribution in [3.05, 3.63) is 33.4 Å². The summed E-state index contributed by atoms with van der Waals surface area (Å²) >= 11 is 0. The van der Waals surface area contributed by atoms with Gasteiger partial charge in [-0.05, 0) is 18.6 Å². The van der Waals surface area contributed by atoms with Crippen LogP contribution >= 0.6 is 10.7 Å². The van der Waals surface area contributed by atoms with Gasteiger partial charge in [0.25, 0.3) is 21.2 Å². The van der Waals surface area contributed by atoms with E-state index in [0.717, 1.165) is 6.07 Å². The fourth-order valence-electron chi connectivity index (χ4n) is 1.30. The largest absolute Gasteiger partial charge is 0.279 e. The van der Waals surface area contributed by atoms with E-state index in [1.165, 1.54) is 6.92 Å². The average molecular weight is 286 g/mol. The van der Waals surface area contributed by atoms with Crippen molar-refractivity contribution in [2.45, 2.75) is 18.2 Å². The van der Waals surface area contributed by atoms with Gasteiger partial charge in [-0.2, -0.15) is 0 Å². The highest BCUT2D eigenvalue weighted by atomic mass is 35.7. The van der Waals surface area contributed by atoms with E-state index in [1.54, 1.807) is 0 Å². The Morgan fingerprint density at radius 3 is 2.29 bits per heavy atom. The minimum atomic E-state index is -4.21. The SMILES string of the molecule is Cc1cc(C(F)F)c([N+](=O)[O-])cc1S(=O)(=O)Cl. The van der Waals surface area contributed by atoms with Crippen LogP contribution in [0, 0.1) is 17.0 Å². The number of hydrogen-bond acceptors (Lipinski definition) is 4. The van der Waals surface area contributed by atoms with Crippen LogP contribution in [0.15, 0.2) is 17.0 Å². The number of nitro benzene ring substituents is 1. The van der Waals surface area contributed by atoms with Gasteiger partial charge >= 0.3 is 0 Å². The second kappa shape index (κ2) is 4.53. The maximum absolute atomic E-state index is 12.5. The number of alkyl halides is 2. The van der Waals surface area contributed by atoms with Crippen LogP contribution in [0.4, 0.5) is 14.5 Å². The molecular formula is C8H6ClF2NO4S. The lowest BCUT2D eigenvalue weighted by Crippen LogP contribution is -2.02. The van der Waals surface area contributed by atoms with E-state index in [-0.39, 0.29) is 5.56 Å². The molecule has 0 heterocycles. The van der Waals surface area contributed by atoms with Crippen LogP contribution < -0.4 is 0 Å². The lowest BCUT2D eigenvalue weighted by molar-refractivity contribution is -0.386. The van der Waals surface area contributed by atoms with Crippen LogP contribution in [0.25, 0.3) is 0 Å². The van der Waals surface area contributed by atoms with Gasteiger partial charge < -0.3 is 0 Å². The van der Waals surface area contributed by atoms with Crippen molar-refractivity contribution in [2.24, 2.45) is 0 Å². The van der Waals surface area contributed by atoms with Gasteiger partial charge in [-0.15, -0.1) is 0 Å². The van der Waals surface area contributed by atoms with Crippen molar-refractivity contribution in [1.29, 1.82) is 0 Å². The summed E-state index contributed by atoms with van der Waals surface area (Å²) in [6.45, 7) is 1.23. The quantitative estimate of drug-likeness (QED) is 0.486. The van der Waals surface area contributed by atoms with E-state index in [2.05, 4.69) is 0 Å². The molecule has 0 amide bonds. The highest BCUT2D eigenvalue weighted by molar-refractivity contribution is 8.13. The molecule has 0 saturated heterocycles. The maximum Gasteiger partial charge on any atom is 0.279 e. The number of hydrogen-bond donors (Lipinski definition) is 0.